The van der Waals surface area contributed by atoms with E-state index in [4.69, 9.17) is 5.26 Å². The van der Waals surface area contributed by atoms with Gasteiger partial charge in [0, 0.05) is 51.0 Å². The van der Waals surface area contributed by atoms with Gasteiger partial charge in [-0.25, -0.2) is 9.18 Å². The van der Waals surface area contributed by atoms with Crippen LogP contribution in [0.15, 0.2) is 42.5 Å². The van der Waals surface area contributed by atoms with E-state index in [1.54, 1.807) is 11.0 Å². The first-order valence-corrected chi connectivity index (χ1v) is 13.0. The van der Waals surface area contributed by atoms with Crippen molar-refractivity contribution in [2.75, 3.05) is 44.6 Å². The first-order valence-electron chi connectivity index (χ1n) is 13.0. The number of rotatable bonds is 5. The van der Waals surface area contributed by atoms with E-state index in [1.165, 1.54) is 6.07 Å². The Balaban J connectivity index is 0.000000317. The van der Waals surface area contributed by atoms with Crippen molar-refractivity contribution >= 4 is 11.7 Å². The van der Waals surface area contributed by atoms with Crippen molar-refractivity contribution in [3.63, 3.8) is 0 Å². The van der Waals surface area contributed by atoms with Crippen LogP contribution in [-0.4, -0.2) is 61.1 Å². The molecule has 3 fully saturated rings. The third-order valence-corrected chi connectivity index (χ3v) is 7.50. The van der Waals surface area contributed by atoms with Crippen molar-refractivity contribution in [1.29, 1.82) is 5.26 Å². The molecule has 2 N–H and O–H groups in total. The molecule has 1 aliphatic heterocycles. The van der Waals surface area contributed by atoms with Crippen LogP contribution in [0.2, 0.25) is 0 Å². The summed E-state index contributed by atoms with van der Waals surface area (Å²) >= 11 is 0. The minimum absolute atomic E-state index is 0.0405. The number of anilines is 1. The summed E-state index contributed by atoms with van der Waals surface area (Å²) in [4.78, 5) is 17.1. The number of halogens is 4. The van der Waals surface area contributed by atoms with Gasteiger partial charge in [-0.05, 0) is 73.9 Å². The van der Waals surface area contributed by atoms with Gasteiger partial charge in [0.2, 0.25) is 0 Å². The predicted molar refractivity (Wildman–Crippen MR) is 137 cm³/mol. The molecular weight excluding hydrogens is 498 g/mol. The maximum Gasteiger partial charge on any atom is 0.419 e. The summed E-state index contributed by atoms with van der Waals surface area (Å²) in [5, 5.41) is 14.3. The molecular formula is C28H33F4N5O. The van der Waals surface area contributed by atoms with Crippen molar-refractivity contribution in [3.8, 4) is 6.07 Å². The number of hydrogen-bond donors (Lipinski definition) is 2. The van der Waals surface area contributed by atoms with Crippen LogP contribution in [0.3, 0.4) is 0 Å². The minimum Gasteiger partial charge on any atom is -0.320 e. The number of nitrogens with one attached hydrogen (secondary N) is 2. The normalized spacial score (nSPS) is 22.5. The number of nitrogens with zero attached hydrogens (tertiary/aromatic N) is 3. The summed E-state index contributed by atoms with van der Waals surface area (Å²) in [6, 6.07) is 11.9. The molecule has 0 spiro atoms. The van der Waals surface area contributed by atoms with Gasteiger partial charge in [-0.2, -0.15) is 18.4 Å². The molecule has 5 rings (SSSR count). The van der Waals surface area contributed by atoms with Gasteiger partial charge in [-0.3, -0.25) is 4.90 Å². The summed E-state index contributed by atoms with van der Waals surface area (Å²) in [5.41, 5.74) is 0.455. The first kappa shape index (κ1) is 27.9. The van der Waals surface area contributed by atoms with Gasteiger partial charge >= 0.3 is 12.2 Å². The van der Waals surface area contributed by atoms with Gasteiger partial charge in [0.1, 0.15) is 5.82 Å². The zero-order chi connectivity index (χ0) is 27.3. The highest BCUT2D eigenvalue weighted by Gasteiger charge is 2.51. The molecule has 3 unspecified atom stereocenters. The maximum atomic E-state index is 13.5. The van der Waals surface area contributed by atoms with Gasteiger partial charge in [0.15, 0.2) is 0 Å². The highest BCUT2D eigenvalue weighted by Crippen LogP contribution is 2.53. The van der Waals surface area contributed by atoms with Crippen LogP contribution in [0.5, 0.6) is 0 Å². The van der Waals surface area contributed by atoms with E-state index in [2.05, 4.69) is 21.6 Å². The molecule has 2 saturated carbocycles. The number of nitriles is 1. The number of fused-ring (bicyclic) bond motifs is 1. The highest BCUT2D eigenvalue weighted by molar-refractivity contribution is 5.89. The number of benzene rings is 2. The summed E-state index contributed by atoms with van der Waals surface area (Å²) in [6.45, 7) is 6.90. The van der Waals surface area contributed by atoms with Crippen LogP contribution in [0.4, 0.5) is 28.0 Å². The molecule has 3 atom stereocenters. The molecule has 3 aliphatic rings. The van der Waals surface area contributed by atoms with Crippen molar-refractivity contribution in [2.24, 2.45) is 11.8 Å². The average molecular weight is 532 g/mol. The van der Waals surface area contributed by atoms with Crippen LogP contribution in [-0.2, 0) is 6.18 Å². The number of piperazine rings is 1. The fraction of sp³-hybridized carbons (Fsp3) is 0.500. The number of hydrogen-bond acceptors (Lipinski definition) is 4. The van der Waals surface area contributed by atoms with E-state index < -0.39 is 23.6 Å². The molecule has 0 radical (unpaired) electrons. The number of alkyl halides is 3. The Labute approximate surface area is 220 Å². The molecule has 2 aromatic rings. The van der Waals surface area contributed by atoms with Crippen LogP contribution in [0.1, 0.15) is 36.0 Å². The second kappa shape index (κ2) is 12.1. The zero-order valence-corrected chi connectivity index (χ0v) is 21.4. The monoisotopic (exact) mass is 531 g/mol. The van der Waals surface area contributed by atoms with E-state index in [0.717, 1.165) is 69.2 Å². The van der Waals surface area contributed by atoms with Crippen LogP contribution in [0.25, 0.3) is 0 Å². The second-order valence-electron chi connectivity index (χ2n) is 10.2. The second-order valence-corrected chi connectivity index (χ2v) is 10.2. The molecule has 1 saturated heterocycles. The minimum atomic E-state index is -4.81. The Morgan fingerprint density at radius 2 is 1.95 bits per heavy atom. The lowest BCUT2D eigenvalue weighted by atomic mass is 10.1. The van der Waals surface area contributed by atoms with E-state index in [-0.39, 0.29) is 11.7 Å². The SMILES string of the molecule is Cc1cccc(C#N)c1.O=C(Nc1ccc(F)c(C(F)(F)F)c1)N(CCN1CCNCC1)C1CCC2CC21. The summed E-state index contributed by atoms with van der Waals surface area (Å²) in [5.74, 6) is -0.164. The van der Waals surface area contributed by atoms with E-state index >= 15 is 0 Å². The van der Waals surface area contributed by atoms with Gasteiger partial charge < -0.3 is 15.5 Å². The Bertz CT molecular complexity index is 1160. The number of aryl methyl sites for hydroxylation is 1. The molecule has 204 valence electrons. The van der Waals surface area contributed by atoms with Crippen LogP contribution in [0, 0.1) is 35.9 Å². The lowest BCUT2D eigenvalue weighted by Gasteiger charge is -2.34. The number of carbonyl (C=O) groups excluding carboxylic acids is 1. The van der Waals surface area contributed by atoms with Gasteiger partial charge in [-0.1, -0.05) is 12.1 Å². The molecule has 6 nitrogen and oxygen atoms in total. The van der Waals surface area contributed by atoms with E-state index in [9.17, 15) is 22.4 Å². The maximum absolute atomic E-state index is 13.5. The molecule has 0 bridgehead atoms. The quantitative estimate of drug-likeness (QED) is 0.517. The summed E-state index contributed by atoms with van der Waals surface area (Å²) in [7, 11) is 0. The molecule has 10 heteroatoms. The molecule has 1 heterocycles. The Morgan fingerprint density at radius 3 is 2.53 bits per heavy atom. The smallest absolute Gasteiger partial charge is 0.320 e. The van der Waals surface area contributed by atoms with Crippen LogP contribution >= 0.6 is 0 Å². The Morgan fingerprint density at radius 1 is 1.18 bits per heavy atom. The largest absolute Gasteiger partial charge is 0.419 e. The number of urea groups is 1. The summed E-state index contributed by atoms with van der Waals surface area (Å²) in [6.07, 6.45) is -1.65. The van der Waals surface area contributed by atoms with Gasteiger partial charge in [0.25, 0.3) is 0 Å². The standard InChI is InChI=1S/C20H26F4N4O.C8H7N/c21-17-3-2-14(12-16(17)20(22,23)24)26-19(29)28(18-4-1-13-11-15(13)18)10-9-27-7-5-25-6-8-27;1-7-3-2-4-8(5-7)6-9/h2-3,12-13,15,18,25H,1,4-11H2,(H,26,29);2-5H,1H3. The third kappa shape index (κ3) is 7.23. The van der Waals surface area contributed by atoms with Crippen molar-refractivity contribution in [2.45, 2.75) is 38.4 Å². The molecule has 2 aliphatic carbocycles. The van der Waals surface area contributed by atoms with Crippen molar-refractivity contribution in [1.82, 2.24) is 15.1 Å². The van der Waals surface area contributed by atoms with E-state index in [1.807, 2.05) is 25.1 Å². The van der Waals surface area contributed by atoms with Crippen LogP contribution < -0.4 is 10.6 Å². The average Bonchev–Trinajstić information content (AvgIpc) is 3.56. The molecule has 0 aromatic heterocycles. The number of carbonyl (C=O) groups is 1. The topological polar surface area (TPSA) is 71.4 Å². The van der Waals surface area contributed by atoms with E-state index in [0.29, 0.717) is 24.4 Å². The predicted octanol–water partition coefficient (Wildman–Crippen LogP) is 5.25. The van der Waals surface area contributed by atoms with Crippen molar-refractivity contribution in [3.05, 3.63) is 65.0 Å². The van der Waals surface area contributed by atoms with Crippen molar-refractivity contribution < 1.29 is 22.4 Å². The fourth-order valence-corrected chi connectivity index (χ4v) is 5.39. The Kier molecular flexibility index (Phi) is 8.90. The fourth-order valence-electron chi connectivity index (χ4n) is 5.39. The first-order chi connectivity index (χ1) is 18.2. The zero-order valence-electron chi connectivity index (χ0n) is 21.4. The highest BCUT2D eigenvalue weighted by atomic mass is 19.4. The third-order valence-electron chi connectivity index (χ3n) is 7.50. The molecule has 2 aromatic carbocycles. The number of amides is 2. The molecule has 2 amide bonds. The lowest BCUT2D eigenvalue weighted by molar-refractivity contribution is -0.139. The Hall–Kier alpha value is -3.16. The lowest BCUT2D eigenvalue weighted by Crippen LogP contribution is -2.50. The molecule has 38 heavy (non-hydrogen) atoms. The van der Waals surface area contributed by atoms with Gasteiger partial charge in [0.05, 0.1) is 17.2 Å². The van der Waals surface area contributed by atoms with Gasteiger partial charge in [-0.15, -0.1) is 0 Å². The summed E-state index contributed by atoms with van der Waals surface area (Å²) < 4.78 is 52.5.